The smallest absolute Gasteiger partial charge is 0.365 e. The van der Waals surface area contributed by atoms with E-state index < -0.39 is 34.8 Å². The van der Waals surface area contributed by atoms with Crippen LogP contribution in [0.25, 0.3) is 44.3 Å². The standard InChI is InChI=1S/C51H40F2N4O10/c1-66-51(65)30-14-18-33-39(22-30)57-49(62)45(33)46(27-9-5-4-6-10-27)56-31-15-11-28(12-16-31)47(60)54-19-7-2-3-8-20-55-48(61)29-13-17-32(34(21-29)50(63)64)44-35-23-37(52)40(58)25-42(35)67-43-26-41(59)38(53)24-36(43)44/h4-6,9-18,21-26,57-58,62H,2-3,7-8,19-20H2,1H3,(H,54,60)(H,55,61)(H,63,64)/p+1. The van der Waals surface area contributed by atoms with Gasteiger partial charge in [-0.15, -0.1) is 0 Å². The topological polar surface area (TPSA) is 226 Å². The number of halogens is 2. The van der Waals surface area contributed by atoms with Gasteiger partial charge in [-0.05, 0) is 79.1 Å². The van der Waals surface area contributed by atoms with Gasteiger partial charge in [0, 0.05) is 63.6 Å². The van der Waals surface area contributed by atoms with Gasteiger partial charge in [0.25, 0.3) is 5.91 Å². The Kier molecular flexibility index (Phi) is 12.9. The summed E-state index contributed by atoms with van der Waals surface area (Å²) in [4.78, 5) is 60.5. The number of ether oxygens (including phenoxy) is 1. The third kappa shape index (κ3) is 9.45. The predicted octanol–water partition coefficient (Wildman–Crippen LogP) is 7.77. The highest BCUT2D eigenvalue weighted by Crippen LogP contribution is 2.43. The maximum Gasteiger partial charge on any atom is 0.365 e. The van der Waals surface area contributed by atoms with Crippen molar-refractivity contribution in [3.8, 4) is 34.1 Å². The lowest BCUT2D eigenvalue weighted by atomic mass is 9.89. The molecule has 5 aromatic carbocycles. The van der Waals surface area contributed by atoms with E-state index in [1.807, 2.05) is 30.3 Å². The number of methoxy groups -OCH3 is 1. The number of carbonyl (C=O) groups is 3. The average Bonchev–Trinajstić information content (AvgIpc) is 3.66. The summed E-state index contributed by atoms with van der Waals surface area (Å²) < 4.78 is 39.7. The van der Waals surface area contributed by atoms with Crippen molar-refractivity contribution in [1.29, 1.82) is 0 Å². The number of phenolic OH excluding ortho intramolecular Hbond substituents is 1. The van der Waals surface area contributed by atoms with Crippen molar-refractivity contribution < 1.29 is 57.7 Å². The third-order valence-corrected chi connectivity index (χ3v) is 11.2. The number of benzene rings is 6. The van der Waals surface area contributed by atoms with Gasteiger partial charge in [0.2, 0.25) is 5.43 Å². The molecule has 8 rings (SSSR count). The summed E-state index contributed by atoms with van der Waals surface area (Å²) in [5.74, 6) is -5.62. The number of aromatic carboxylic acids is 1. The number of nitrogens with one attached hydrogen (secondary N) is 3. The minimum absolute atomic E-state index is 0.00424. The number of hydrogen-bond acceptors (Lipinski definition) is 9. The monoisotopic (exact) mass is 907 g/mol. The summed E-state index contributed by atoms with van der Waals surface area (Å²) in [6, 6.07) is 28.7. The van der Waals surface area contributed by atoms with E-state index in [2.05, 4.69) is 15.3 Å². The maximum atomic E-state index is 14.6. The molecule has 7 N–H and O–H groups in total. The van der Waals surface area contributed by atoms with Gasteiger partial charge in [-0.2, -0.15) is 0 Å². The summed E-state index contributed by atoms with van der Waals surface area (Å²) in [5.41, 5.74) is 2.30. The molecular weight excluding hydrogens is 867 g/mol. The molecule has 0 saturated heterocycles. The Morgan fingerprint density at radius 3 is 2.24 bits per heavy atom. The number of aliphatic hydroxyl groups is 1. The largest absolute Gasteiger partial charge is 0.505 e. The second-order valence-corrected chi connectivity index (χ2v) is 15.5. The lowest BCUT2D eigenvalue weighted by Crippen LogP contribution is -2.73. The van der Waals surface area contributed by atoms with E-state index >= 15 is 0 Å². The second kappa shape index (κ2) is 19.2. The van der Waals surface area contributed by atoms with Crippen molar-refractivity contribution in [3.63, 3.8) is 0 Å². The highest BCUT2D eigenvalue weighted by molar-refractivity contribution is 6.22. The lowest BCUT2D eigenvalue weighted by molar-refractivity contribution is -0.466. The number of aromatic hydroxyl groups is 2. The Labute approximate surface area is 379 Å². The fraction of sp³-hybridized carbons (Fsp3) is 0.137. The van der Waals surface area contributed by atoms with Crippen LogP contribution in [0.1, 0.15) is 73.4 Å². The van der Waals surface area contributed by atoms with Gasteiger partial charge in [-0.3, -0.25) is 9.59 Å². The van der Waals surface area contributed by atoms with Gasteiger partial charge in [0.1, 0.15) is 17.9 Å². The van der Waals surface area contributed by atoms with Crippen LogP contribution < -0.4 is 15.7 Å². The third-order valence-electron chi connectivity index (χ3n) is 11.2. The number of amides is 1. The molecule has 14 nitrogen and oxygen atoms in total. The Morgan fingerprint density at radius 2 is 1.49 bits per heavy atom. The highest BCUT2D eigenvalue weighted by Gasteiger charge is 2.26. The van der Waals surface area contributed by atoms with Crippen molar-refractivity contribution in [2.75, 3.05) is 20.2 Å². The summed E-state index contributed by atoms with van der Waals surface area (Å²) in [6.45, 7) is 0.760. The van der Waals surface area contributed by atoms with Crippen molar-refractivity contribution in [2.45, 2.75) is 25.7 Å². The molecule has 16 heteroatoms. The van der Waals surface area contributed by atoms with Crippen LogP contribution in [0, 0.1) is 11.6 Å². The summed E-state index contributed by atoms with van der Waals surface area (Å²) in [6.07, 6.45) is 2.83. The van der Waals surface area contributed by atoms with Crippen LogP contribution in [-0.2, 0) is 4.74 Å². The SMILES string of the molecule is COC(=O)c1ccc2c(C(=Nc3ccc(C(=O)NCCCCCC[NH+]=C(O)c4ccc(-c5c6cc(F)c(=O)cc-6oc6cc(O)c(F)cc56)c(C(=O)O)c4)cc3)c3ccccc3)c(O)[nH]c2c1. The molecular formula is C51H41F2N4O10+. The maximum absolute atomic E-state index is 14.6. The zero-order chi connectivity index (χ0) is 47.4. The minimum atomic E-state index is -1.40. The number of hydrogen-bond donors (Lipinski definition) is 7. The van der Waals surface area contributed by atoms with E-state index in [1.165, 1.54) is 25.3 Å². The van der Waals surface area contributed by atoms with Crippen molar-refractivity contribution >= 4 is 57.0 Å². The van der Waals surface area contributed by atoms with E-state index in [-0.39, 0.29) is 62.2 Å². The number of fused-ring (bicyclic) bond motifs is 3. The van der Waals surface area contributed by atoms with E-state index in [4.69, 9.17) is 14.1 Å². The predicted molar refractivity (Wildman–Crippen MR) is 246 cm³/mol. The van der Waals surface area contributed by atoms with E-state index in [1.54, 1.807) is 42.5 Å². The van der Waals surface area contributed by atoms with Crippen LogP contribution in [0.3, 0.4) is 0 Å². The fourth-order valence-corrected chi connectivity index (χ4v) is 7.84. The number of esters is 1. The number of rotatable bonds is 15. The van der Waals surface area contributed by atoms with Crippen molar-refractivity contribution in [1.82, 2.24) is 10.3 Å². The van der Waals surface area contributed by atoms with Gasteiger partial charge in [-0.25, -0.2) is 28.4 Å². The summed E-state index contributed by atoms with van der Waals surface area (Å²) >= 11 is 0. The summed E-state index contributed by atoms with van der Waals surface area (Å²) in [7, 11) is 1.29. The number of carboxylic acid groups (broad SMARTS) is 1. The quantitative estimate of drug-likeness (QED) is 0.0174. The van der Waals surface area contributed by atoms with Crippen molar-refractivity contribution in [3.05, 3.63) is 170 Å². The van der Waals surface area contributed by atoms with Crippen LogP contribution in [0.15, 0.2) is 129 Å². The number of aromatic amines is 1. The van der Waals surface area contributed by atoms with Crippen molar-refractivity contribution in [2.24, 2.45) is 4.99 Å². The molecule has 0 fully saturated rings. The molecule has 67 heavy (non-hydrogen) atoms. The van der Waals surface area contributed by atoms with Crippen LogP contribution in [0.2, 0.25) is 0 Å². The van der Waals surface area contributed by atoms with Crippen LogP contribution in [0.5, 0.6) is 11.6 Å². The molecule has 0 saturated carbocycles. The molecule has 2 aliphatic rings. The molecule has 1 aromatic heterocycles. The molecule has 0 unspecified atom stereocenters. The molecule has 0 spiro atoms. The fourth-order valence-electron chi connectivity index (χ4n) is 7.84. The molecule has 338 valence electrons. The summed E-state index contributed by atoms with van der Waals surface area (Å²) in [5, 5.41) is 45.7. The zero-order valence-electron chi connectivity index (χ0n) is 35.7. The molecule has 1 amide bonds. The Bertz CT molecular complexity index is 3310. The van der Waals surface area contributed by atoms with Gasteiger partial charge in [0.15, 0.2) is 23.3 Å². The molecule has 1 aliphatic heterocycles. The Balaban J connectivity index is 0.873. The first-order valence-electron chi connectivity index (χ1n) is 21.0. The van der Waals surface area contributed by atoms with E-state index in [0.29, 0.717) is 64.9 Å². The van der Waals surface area contributed by atoms with Crippen LogP contribution in [-0.4, -0.2) is 75.1 Å². The number of aromatic nitrogens is 1. The molecule has 0 radical (unpaired) electrons. The average molecular weight is 908 g/mol. The number of unbranched alkanes of at least 4 members (excludes halogenated alkanes) is 3. The number of carbonyl (C=O) groups excluding carboxylic acids is 2. The molecule has 6 aromatic rings. The molecule has 1 aliphatic carbocycles. The van der Waals surface area contributed by atoms with E-state index in [9.17, 15) is 48.4 Å². The van der Waals surface area contributed by atoms with Gasteiger partial charge >= 0.3 is 17.8 Å². The molecule has 0 atom stereocenters. The Morgan fingerprint density at radius 1 is 0.761 bits per heavy atom. The van der Waals surface area contributed by atoms with Crippen LogP contribution in [0.4, 0.5) is 14.5 Å². The first kappa shape index (κ1) is 44.9. The number of aliphatic hydroxyl groups excluding tert-OH is 1. The molecule has 2 heterocycles. The first-order chi connectivity index (χ1) is 32.3. The Hall–Kier alpha value is -8.66. The van der Waals surface area contributed by atoms with Gasteiger partial charge in [-0.1, -0.05) is 48.9 Å². The zero-order valence-corrected chi connectivity index (χ0v) is 35.7. The second-order valence-electron chi connectivity index (χ2n) is 15.5. The number of H-pyrrole nitrogens is 1. The lowest BCUT2D eigenvalue weighted by Gasteiger charge is -2.17. The number of carboxylic acids is 1. The number of nitrogens with zero attached hydrogens (tertiary/aromatic N) is 1. The molecule has 0 bridgehead atoms. The number of aliphatic imine (C=N–C) groups is 1. The van der Waals surface area contributed by atoms with Gasteiger partial charge in [0.05, 0.1) is 40.8 Å². The normalized spacial score (nSPS) is 11.9. The minimum Gasteiger partial charge on any atom is -0.505 e. The van der Waals surface area contributed by atoms with Gasteiger partial charge < -0.3 is 39.9 Å². The highest BCUT2D eigenvalue weighted by atomic mass is 19.1. The van der Waals surface area contributed by atoms with E-state index in [0.717, 1.165) is 42.7 Å². The first-order valence-corrected chi connectivity index (χ1v) is 21.0. The van der Waals surface area contributed by atoms with Crippen LogP contribution >= 0.6 is 0 Å². The number of phenols is 1.